The number of piperidine rings is 1. The Bertz CT molecular complexity index is 1780. The summed E-state index contributed by atoms with van der Waals surface area (Å²) in [6, 6.07) is 5.48. The monoisotopic (exact) mass is 916 g/mol. The molecule has 1 aromatic carbocycles. The van der Waals surface area contributed by atoms with Gasteiger partial charge in [0.15, 0.2) is 12.5 Å². The maximum absolute atomic E-state index is 14.8. The number of esters is 1. The van der Waals surface area contributed by atoms with E-state index < -0.39 is 41.8 Å². The number of thiazole rings is 1. The molecule has 2 aromatic rings. The molecule has 0 saturated carbocycles. The number of amides is 4. The van der Waals surface area contributed by atoms with Gasteiger partial charge >= 0.3 is 12.1 Å². The van der Waals surface area contributed by atoms with Crippen molar-refractivity contribution in [2.45, 2.75) is 137 Å². The van der Waals surface area contributed by atoms with Crippen LogP contribution in [0.2, 0.25) is 0 Å². The second-order valence-corrected chi connectivity index (χ2v) is 19.2. The topological polar surface area (TPSA) is 197 Å². The first-order valence-corrected chi connectivity index (χ1v) is 24.7. The molecule has 3 rings (SSSR count). The van der Waals surface area contributed by atoms with Gasteiger partial charge in [-0.25, -0.2) is 15.2 Å². The van der Waals surface area contributed by atoms with Crippen LogP contribution in [0.4, 0.5) is 4.79 Å². The molecule has 1 aliphatic rings. The van der Waals surface area contributed by atoms with Crippen molar-refractivity contribution < 1.29 is 43.3 Å². The van der Waals surface area contributed by atoms with Gasteiger partial charge in [-0.1, -0.05) is 73.4 Å². The van der Waals surface area contributed by atoms with Gasteiger partial charge in [-0.15, -0.1) is 11.3 Å². The van der Waals surface area contributed by atoms with E-state index in [2.05, 4.69) is 21.1 Å². The SMILES string of the molecule is CCCC(=O)OCN(C(=O)[C@@H](CC(=O)[C@H]1CCCCN1C)[C@@H](C)CC)[C@H](C[C@@H](C)c1nc(C(=O)N[C@@H](Cc2ccc(O)cc2)C[C@H](C)C(=O)NNC(=O)OCCSC)cs1)C(C)C. The number of hydrogen-bond acceptors (Lipinski definition) is 13. The number of aromatic hydroxyl groups is 1. The van der Waals surface area contributed by atoms with Crippen molar-refractivity contribution in [2.24, 2.45) is 23.7 Å². The minimum Gasteiger partial charge on any atom is -0.508 e. The zero-order valence-electron chi connectivity index (χ0n) is 38.8. The second kappa shape index (κ2) is 27.2. The van der Waals surface area contributed by atoms with Crippen molar-refractivity contribution in [3.8, 4) is 5.75 Å². The van der Waals surface area contributed by atoms with Gasteiger partial charge in [-0.05, 0) is 87.9 Å². The van der Waals surface area contributed by atoms with Crippen molar-refractivity contribution in [3.63, 3.8) is 0 Å². The molecule has 17 heteroatoms. The van der Waals surface area contributed by atoms with Crippen molar-refractivity contribution in [2.75, 3.05) is 38.9 Å². The number of carbonyl (C=O) groups excluding carboxylic acids is 6. The number of likely N-dealkylation sites (tertiary alicyclic amines) is 1. The molecule has 2 heterocycles. The van der Waals surface area contributed by atoms with Crippen LogP contribution in [0.15, 0.2) is 29.6 Å². The fourth-order valence-electron chi connectivity index (χ4n) is 7.84. The molecule has 1 fully saturated rings. The molecule has 1 saturated heterocycles. The number of thioether (sulfide) groups is 1. The van der Waals surface area contributed by atoms with Crippen molar-refractivity contribution in [1.29, 1.82) is 0 Å². The molecule has 0 aliphatic carbocycles. The van der Waals surface area contributed by atoms with Gasteiger partial charge in [-0.3, -0.25) is 34.3 Å². The summed E-state index contributed by atoms with van der Waals surface area (Å²) >= 11 is 2.86. The van der Waals surface area contributed by atoms with Crippen LogP contribution in [-0.4, -0.2) is 113 Å². The predicted octanol–water partition coefficient (Wildman–Crippen LogP) is 7.09. The summed E-state index contributed by atoms with van der Waals surface area (Å²) in [5.74, 6) is -2.24. The molecule has 0 unspecified atom stereocenters. The normalized spacial score (nSPS) is 17.1. The van der Waals surface area contributed by atoms with Crippen LogP contribution in [0.1, 0.15) is 133 Å². The van der Waals surface area contributed by atoms with Gasteiger partial charge in [0.2, 0.25) is 11.8 Å². The van der Waals surface area contributed by atoms with E-state index >= 15 is 0 Å². The number of benzene rings is 1. The van der Waals surface area contributed by atoms with E-state index in [9.17, 15) is 33.9 Å². The number of ketones is 1. The number of carbonyl (C=O) groups is 6. The van der Waals surface area contributed by atoms with Crippen LogP contribution < -0.4 is 16.2 Å². The van der Waals surface area contributed by atoms with Crippen LogP contribution >= 0.6 is 23.1 Å². The Morgan fingerprint density at radius 1 is 1.00 bits per heavy atom. The Kier molecular flexibility index (Phi) is 22.9. The van der Waals surface area contributed by atoms with E-state index in [0.29, 0.717) is 36.4 Å². The maximum Gasteiger partial charge on any atom is 0.426 e. The summed E-state index contributed by atoms with van der Waals surface area (Å²) in [7, 11) is 1.97. The number of Topliss-reactive ketones (excluding diaryl/α,β-unsaturated/α-hetero) is 1. The first kappa shape index (κ1) is 53.1. The molecule has 7 atom stereocenters. The zero-order valence-corrected chi connectivity index (χ0v) is 40.4. The van der Waals surface area contributed by atoms with Crippen molar-refractivity contribution in [1.82, 2.24) is 31.0 Å². The number of phenolic OH excluding ortho intramolecular Hbond substituents is 1. The molecule has 352 valence electrons. The first-order chi connectivity index (χ1) is 30.0. The van der Waals surface area contributed by atoms with Crippen LogP contribution in [0, 0.1) is 23.7 Å². The highest BCUT2D eigenvalue weighted by atomic mass is 32.2. The van der Waals surface area contributed by atoms with Crippen LogP contribution in [0.25, 0.3) is 0 Å². The summed E-state index contributed by atoms with van der Waals surface area (Å²) in [5, 5.41) is 15.3. The number of nitrogens with one attached hydrogen (secondary N) is 3. The summed E-state index contributed by atoms with van der Waals surface area (Å²) < 4.78 is 10.8. The Morgan fingerprint density at radius 2 is 1.71 bits per heavy atom. The van der Waals surface area contributed by atoms with Crippen LogP contribution in [-0.2, 0) is 35.1 Å². The highest BCUT2D eigenvalue weighted by Crippen LogP contribution is 2.33. The lowest BCUT2D eigenvalue weighted by molar-refractivity contribution is -0.160. The lowest BCUT2D eigenvalue weighted by Gasteiger charge is -2.39. The van der Waals surface area contributed by atoms with Gasteiger partial charge in [0.25, 0.3) is 5.91 Å². The van der Waals surface area contributed by atoms with E-state index in [1.807, 2.05) is 54.8 Å². The highest BCUT2D eigenvalue weighted by molar-refractivity contribution is 7.98. The van der Waals surface area contributed by atoms with Gasteiger partial charge in [-0.2, -0.15) is 11.8 Å². The van der Waals surface area contributed by atoms with E-state index in [-0.39, 0.29) is 85.6 Å². The van der Waals surface area contributed by atoms with Crippen molar-refractivity contribution >= 4 is 58.7 Å². The summed E-state index contributed by atoms with van der Waals surface area (Å²) in [4.78, 5) is 88.6. The second-order valence-electron chi connectivity index (χ2n) is 17.3. The number of aromatic nitrogens is 1. The molecular formula is C46H72N6O9S2. The molecule has 1 aliphatic heterocycles. The van der Waals surface area contributed by atoms with E-state index in [0.717, 1.165) is 31.4 Å². The smallest absolute Gasteiger partial charge is 0.426 e. The van der Waals surface area contributed by atoms with E-state index in [1.54, 1.807) is 41.5 Å². The maximum atomic E-state index is 14.8. The average molecular weight is 917 g/mol. The molecule has 0 bridgehead atoms. The Balaban J connectivity index is 1.82. The third kappa shape index (κ3) is 17.4. The number of phenols is 1. The van der Waals surface area contributed by atoms with Gasteiger partial charge in [0.1, 0.15) is 18.1 Å². The molecule has 1 aromatic heterocycles. The third-order valence-corrected chi connectivity index (χ3v) is 13.6. The number of hydrazine groups is 1. The Hall–Kier alpha value is -4.22. The first-order valence-electron chi connectivity index (χ1n) is 22.4. The summed E-state index contributed by atoms with van der Waals surface area (Å²) in [6.45, 7) is 14.5. The lowest BCUT2D eigenvalue weighted by Crippen LogP contribution is -2.50. The predicted molar refractivity (Wildman–Crippen MR) is 247 cm³/mol. The molecule has 0 radical (unpaired) electrons. The highest BCUT2D eigenvalue weighted by Gasteiger charge is 2.38. The zero-order chi connectivity index (χ0) is 46.6. The van der Waals surface area contributed by atoms with Crippen LogP contribution in [0.3, 0.4) is 0 Å². The number of ether oxygens (including phenoxy) is 2. The fraction of sp³-hybridized carbons (Fsp3) is 0.674. The van der Waals surface area contributed by atoms with Gasteiger partial charge in [0.05, 0.1) is 11.0 Å². The fourth-order valence-corrected chi connectivity index (χ4v) is 8.96. The number of nitrogens with zero attached hydrogens (tertiary/aromatic N) is 3. The minimum atomic E-state index is -0.772. The number of likely N-dealkylation sites (N-methyl/N-ethyl adjacent to an activating group) is 1. The molecule has 4 N–H and O–H groups in total. The summed E-state index contributed by atoms with van der Waals surface area (Å²) in [6.07, 6.45) is 6.61. The summed E-state index contributed by atoms with van der Waals surface area (Å²) in [5.41, 5.74) is 5.68. The standard InChI is InChI=1S/C46H72N6O9S2/c1-10-14-41(55)61-28-52(45(58)36(30(5)11-2)26-40(54)38-15-12-13-20-51(38)8)39(29(3)4)24-32(7)44-48-37(27-63-44)43(57)47-34(25-33-16-18-35(53)19-17-33)23-31(6)42(56)49-50-46(59)60-21-22-62-9/h16-19,27,29-32,34,36,38-39,53H,10-15,20-26,28H2,1-9H3,(H,47,57)(H,49,56)(H,50,59)/t30-,31-,32+,34+,36-,38+,39+/m0/s1. The quantitative estimate of drug-likeness (QED) is 0.0342. The minimum absolute atomic E-state index is 0.0531. The molecule has 0 spiro atoms. The van der Waals surface area contributed by atoms with Crippen molar-refractivity contribution in [3.05, 3.63) is 45.9 Å². The third-order valence-electron chi connectivity index (χ3n) is 11.9. The lowest BCUT2D eigenvalue weighted by atomic mass is 9.82. The molecular weight excluding hydrogens is 845 g/mol. The largest absolute Gasteiger partial charge is 0.508 e. The number of rotatable bonds is 25. The number of hydrogen-bond donors (Lipinski definition) is 4. The van der Waals surface area contributed by atoms with Crippen LogP contribution in [0.5, 0.6) is 5.75 Å². The molecule has 63 heavy (non-hydrogen) atoms. The van der Waals surface area contributed by atoms with E-state index in [1.165, 1.54) is 23.1 Å². The Labute approximate surface area is 382 Å². The van der Waals surface area contributed by atoms with E-state index in [4.69, 9.17) is 14.5 Å². The Morgan fingerprint density at radius 3 is 2.35 bits per heavy atom. The van der Waals surface area contributed by atoms with Gasteiger partial charge < -0.3 is 24.8 Å². The van der Waals surface area contributed by atoms with Gasteiger partial charge in [0, 0.05) is 53.8 Å². The average Bonchev–Trinajstić information content (AvgIpc) is 3.76. The molecule has 15 nitrogen and oxygen atoms in total. The molecule has 4 amide bonds.